The first kappa shape index (κ1) is 16.5. The Balaban J connectivity index is 1.49. The minimum atomic E-state index is -1.33. The van der Waals surface area contributed by atoms with Gasteiger partial charge in [0.05, 0.1) is 0 Å². The van der Waals surface area contributed by atoms with Crippen LogP contribution in [0.1, 0.15) is 39.4 Å². The van der Waals surface area contributed by atoms with Crippen molar-refractivity contribution in [2.75, 3.05) is 5.32 Å². The standard InChI is InChI=1S/C23H20FNO/c1-16-7-5-6-10-21(16)25-22(26)18-11-13-19(14-12-18)23(24)15-20(23)17-8-3-2-4-9-17/h2-14,20H,15H2,1H3,(H,25,26). The average molecular weight is 345 g/mol. The van der Waals surface area contributed by atoms with Gasteiger partial charge in [-0.3, -0.25) is 4.79 Å². The van der Waals surface area contributed by atoms with E-state index in [2.05, 4.69) is 5.32 Å². The van der Waals surface area contributed by atoms with Crippen LogP contribution >= 0.6 is 0 Å². The molecule has 0 bridgehead atoms. The lowest BCUT2D eigenvalue weighted by molar-refractivity contribution is 0.102. The number of halogens is 1. The molecule has 0 saturated heterocycles. The van der Waals surface area contributed by atoms with Crippen molar-refractivity contribution in [1.82, 2.24) is 0 Å². The molecule has 0 aromatic heterocycles. The van der Waals surface area contributed by atoms with E-state index in [0.29, 0.717) is 17.5 Å². The second-order valence-electron chi connectivity index (χ2n) is 6.88. The van der Waals surface area contributed by atoms with Crippen LogP contribution in [0, 0.1) is 6.92 Å². The van der Waals surface area contributed by atoms with E-state index in [-0.39, 0.29) is 11.8 Å². The van der Waals surface area contributed by atoms with Crippen molar-refractivity contribution in [1.29, 1.82) is 0 Å². The number of hydrogen-bond donors (Lipinski definition) is 1. The number of amides is 1. The van der Waals surface area contributed by atoms with Gasteiger partial charge in [-0.05, 0) is 48.2 Å². The van der Waals surface area contributed by atoms with E-state index >= 15 is 4.39 Å². The zero-order valence-corrected chi connectivity index (χ0v) is 14.6. The van der Waals surface area contributed by atoms with Gasteiger partial charge in [0.2, 0.25) is 0 Å². The number of carbonyl (C=O) groups excluding carboxylic acids is 1. The number of rotatable bonds is 4. The summed E-state index contributed by atoms with van der Waals surface area (Å²) in [6.45, 7) is 1.95. The smallest absolute Gasteiger partial charge is 0.255 e. The fourth-order valence-electron chi connectivity index (χ4n) is 3.43. The summed E-state index contributed by atoms with van der Waals surface area (Å²) in [7, 11) is 0. The number of para-hydroxylation sites is 1. The molecule has 0 heterocycles. The largest absolute Gasteiger partial charge is 0.322 e. The SMILES string of the molecule is Cc1ccccc1NC(=O)c1ccc(C2(F)CC2c2ccccc2)cc1. The highest BCUT2D eigenvalue weighted by molar-refractivity contribution is 6.04. The van der Waals surface area contributed by atoms with Gasteiger partial charge in [0.1, 0.15) is 5.67 Å². The lowest BCUT2D eigenvalue weighted by Gasteiger charge is -2.11. The summed E-state index contributed by atoms with van der Waals surface area (Å²) in [5, 5.41) is 2.90. The van der Waals surface area contributed by atoms with Gasteiger partial charge in [-0.15, -0.1) is 0 Å². The molecule has 4 rings (SSSR count). The zero-order chi connectivity index (χ0) is 18.1. The van der Waals surface area contributed by atoms with Gasteiger partial charge >= 0.3 is 0 Å². The van der Waals surface area contributed by atoms with Crippen LogP contribution in [0.2, 0.25) is 0 Å². The van der Waals surface area contributed by atoms with Gasteiger partial charge in [-0.2, -0.15) is 0 Å². The van der Waals surface area contributed by atoms with Crippen LogP contribution in [0.5, 0.6) is 0 Å². The minimum Gasteiger partial charge on any atom is -0.322 e. The van der Waals surface area contributed by atoms with Crippen molar-refractivity contribution in [3.05, 3.63) is 101 Å². The number of anilines is 1. The van der Waals surface area contributed by atoms with Crippen LogP contribution in [0.15, 0.2) is 78.9 Å². The lowest BCUT2D eigenvalue weighted by Crippen LogP contribution is -2.13. The number of aryl methyl sites for hydroxylation is 1. The highest BCUT2D eigenvalue weighted by Crippen LogP contribution is 2.61. The maximum Gasteiger partial charge on any atom is 0.255 e. The molecule has 3 aromatic carbocycles. The number of hydrogen-bond acceptors (Lipinski definition) is 1. The van der Waals surface area contributed by atoms with Crippen molar-refractivity contribution in [2.45, 2.75) is 24.9 Å². The van der Waals surface area contributed by atoms with Gasteiger partial charge in [0.15, 0.2) is 0 Å². The van der Waals surface area contributed by atoms with Crippen LogP contribution in [0.3, 0.4) is 0 Å². The van der Waals surface area contributed by atoms with E-state index in [1.165, 1.54) is 0 Å². The minimum absolute atomic E-state index is 0.102. The van der Waals surface area contributed by atoms with Crippen LogP contribution in [0.4, 0.5) is 10.1 Å². The molecule has 2 atom stereocenters. The normalized spacial score (nSPS) is 21.2. The first-order valence-electron chi connectivity index (χ1n) is 8.79. The fraction of sp³-hybridized carbons (Fsp3) is 0.174. The summed E-state index contributed by atoms with van der Waals surface area (Å²) in [5.41, 5.74) is 2.65. The Hall–Kier alpha value is -2.94. The zero-order valence-electron chi connectivity index (χ0n) is 14.6. The molecule has 130 valence electrons. The van der Waals surface area contributed by atoms with E-state index in [1.807, 2.05) is 61.5 Å². The first-order valence-corrected chi connectivity index (χ1v) is 8.79. The molecule has 0 aliphatic heterocycles. The molecule has 1 N–H and O–H groups in total. The van der Waals surface area contributed by atoms with E-state index in [0.717, 1.165) is 16.8 Å². The Morgan fingerprint density at radius 1 is 0.962 bits per heavy atom. The van der Waals surface area contributed by atoms with Crippen LogP contribution < -0.4 is 5.32 Å². The van der Waals surface area contributed by atoms with Gasteiger partial charge in [-0.25, -0.2) is 4.39 Å². The molecule has 1 fully saturated rings. The highest BCUT2D eigenvalue weighted by Gasteiger charge is 2.57. The molecule has 2 unspecified atom stereocenters. The predicted octanol–water partition coefficient (Wildman–Crippen LogP) is 5.60. The van der Waals surface area contributed by atoms with Crippen molar-refractivity contribution < 1.29 is 9.18 Å². The van der Waals surface area contributed by atoms with Crippen LogP contribution in [0.25, 0.3) is 0 Å². The quantitative estimate of drug-likeness (QED) is 0.655. The molecule has 1 aliphatic rings. The van der Waals surface area contributed by atoms with E-state index in [1.54, 1.807) is 24.3 Å². The topological polar surface area (TPSA) is 29.1 Å². The second-order valence-corrected chi connectivity index (χ2v) is 6.88. The van der Waals surface area contributed by atoms with Crippen LogP contribution in [-0.4, -0.2) is 5.91 Å². The molecule has 1 amide bonds. The average Bonchev–Trinajstić information content (AvgIpc) is 3.37. The lowest BCUT2D eigenvalue weighted by atomic mass is 10.0. The molecule has 3 aromatic rings. The number of alkyl halides is 1. The van der Waals surface area contributed by atoms with Crippen molar-refractivity contribution >= 4 is 11.6 Å². The molecule has 0 spiro atoms. The third-order valence-electron chi connectivity index (χ3n) is 5.12. The van der Waals surface area contributed by atoms with Gasteiger partial charge < -0.3 is 5.32 Å². The van der Waals surface area contributed by atoms with Crippen molar-refractivity contribution in [3.8, 4) is 0 Å². The number of carbonyl (C=O) groups is 1. The van der Waals surface area contributed by atoms with E-state index < -0.39 is 5.67 Å². The Kier molecular flexibility index (Phi) is 4.08. The number of benzene rings is 3. The van der Waals surface area contributed by atoms with Crippen molar-refractivity contribution in [2.24, 2.45) is 0 Å². The number of nitrogens with one attached hydrogen (secondary N) is 1. The summed E-state index contributed by atoms with van der Waals surface area (Å²) in [4.78, 5) is 12.4. The summed E-state index contributed by atoms with van der Waals surface area (Å²) in [6.07, 6.45) is 0.492. The molecule has 3 heteroatoms. The van der Waals surface area contributed by atoms with E-state index in [4.69, 9.17) is 0 Å². The Morgan fingerprint density at radius 3 is 2.31 bits per heavy atom. The molecule has 1 saturated carbocycles. The summed E-state index contributed by atoms with van der Waals surface area (Å²) >= 11 is 0. The molecular weight excluding hydrogens is 325 g/mol. The molecule has 1 aliphatic carbocycles. The summed E-state index contributed by atoms with van der Waals surface area (Å²) in [6, 6.07) is 24.2. The van der Waals surface area contributed by atoms with Gasteiger partial charge in [-0.1, -0.05) is 60.7 Å². The molecule has 2 nitrogen and oxygen atoms in total. The van der Waals surface area contributed by atoms with Gasteiger partial charge in [0, 0.05) is 17.2 Å². The Morgan fingerprint density at radius 2 is 1.62 bits per heavy atom. The fourth-order valence-corrected chi connectivity index (χ4v) is 3.43. The molecule has 0 radical (unpaired) electrons. The highest BCUT2D eigenvalue weighted by atomic mass is 19.1. The predicted molar refractivity (Wildman–Crippen MR) is 102 cm³/mol. The van der Waals surface area contributed by atoms with Crippen molar-refractivity contribution in [3.63, 3.8) is 0 Å². The molecule has 26 heavy (non-hydrogen) atoms. The summed E-state index contributed by atoms with van der Waals surface area (Å²) < 4.78 is 15.2. The second kappa shape index (κ2) is 6.41. The maximum atomic E-state index is 15.2. The van der Waals surface area contributed by atoms with Gasteiger partial charge in [0.25, 0.3) is 5.91 Å². The third-order valence-corrected chi connectivity index (χ3v) is 5.12. The maximum absolute atomic E-state index is 15.2. The van der Waals surface area contributed by atoms with E-state index in [9.17, 15) is 4.79 Å². The monoisotopic (exact) mass is 345 g/mol. The summed E-state index contributed by atoms with van der Waals surface area (Å²) in [5.74, 6) is -0.287. The Bertz CT molecular complexity index is 936. The Labute approximate surface area is 152 Å². The van der Waals surface area contributed by atoms with Crippen LogP contribution in [-0.2, 0) is 5.67 Å². The third kappa shape index (κ3) is 3.01. The molecular formula is C23H20FNO. The first-order chi connectivity index (χ1) is 12.6.